The van der Waals surface area contributed by atoms with Crippen LogP contribution in [0.2, 0.25) is 0 Å². The third-order valence-corrected chi connectivity index (χ3v) is 4.35. The third-order valence-electron chi connectivity index (χ3n) is 2.53. The lowest BCUT2D eigenvalue weighted by Crippen LogP contribution is -2.05. The molecule has 0 amide bonds. The van der Waals surface area contributed by atoms with Gasteiger partial charge < -0.3 is 0 Å². The van der Waals surface area contributed by atoms with Crippen LogP contribution in [0.1, 0.15) is 5.56 Å². The topological polar surface area (TPSA) is 34.1 Å². The van der Waals surface area contributed by atoms with Gasteiger partial charge in [-0.05, 0) is 17.7 Å². The van der Waals surface area contributed by atoms with Crippen LogP contribution in [0.15, 0.2) is 71.6 Å². The number of halogens is 2. The third kappa shape index (κ3) is 2.71. The molecule has 0 bridgehead atoms. The Hall–Kier alpha value is -2.01. The van der Waals surface area contributed by atoms with Crippen molar-refractivity contribution in [1.29, 1.82) is 0 Å². The maximum atomic E-state index is 13.1. The van der Waals surface area contributed by atoms with Gasteiger partial charge in [0.15, 0.2) is 0 Å². The van der Waals surface area contributed by atoms with Gasteiger partial charge in [0.05, 0.1) is 4.90 Å². The molecule has 2 aromatic rings. The Labute approximate surface area is 109 Å². The Kier molecular flexibility index (Phi) is 3.76. The van der Waals surface area contributed by atoms with E-state index in [1.54, 1.807) is 12.1 Å². The molecule has 0 spiro atoms. The number of rotatable bonds is 3. The average Bonchev–Trinajstić information content (AvgIpc) is 2.40. The van der Waals surface area contributed by atoms with E-state index >= 15 is 0 Å². The number of hydrogen-bond acceptors (Lipinski definition) is 2. The van der Waals surface area contributed by atoms with Gasteiger partial charge in [0, 0.05) is 0 Å². The van der Waals surface area contributed by atoms with Crippen LogP contribution in [0.5, 0.6) is 0 Å². The summed E-state index contributed by atoms with van der Waals surface area (Å²) >= 11 is 0. The highest BCUT2D eigenvalue weighted by Crippen LogP contribution is 2.31. The summed E-state index contributed by atoms with van der Waals surface area (Å²) in [7, 11) is -4.22. The van der Waals surface area contributed by atoms with E-state index < -0.39 is 20.8 Å². The molecule has 2 rings (SSSR count). The summed E-state index contributed by atoms with van der Waals surface area (Å²) in [6.45, 7) is 0. The predicted molar refractivity (Wildman–Crippen MR) is 69.2 cm³/mol. The van der Waals surface area contributed by atoms with Crippen molar-refractivity contribution >= 4 is 14.7 Å². The Morgan fingerprint density at radius 1 is 0.789 bits per heavy atom. The second-order valence-electron chi connectivity index (χ2n) is 3.77. The maximum absolute atomic E-state index is 13.1. The van der Waals surface area contributed by atoms with E-state index in [-0.39, 0.29) is 10.5 Å². The van der Waals surface area contributed by atoms with Crippen LogP contribution in [0.4, 0.5) is 8.78 Å². The van der Waals surface area contributed by atoms with Gasteiger partial charge in [-0.2, -0.15) is 8.78 Å². The molecule has 0 aliphatic heterocycles. The predicted octanol–water partition coefficient (Wildman–Crippen LogP) is 3.73. The molecule has 0 aliphatic rings. The lowest BCUT2D eigenvalue weighted by molar-refractivity contribution is 0.427. The minimum atomic E-state index is -4.22. The Morgan fingerprint density at radius 3 is 1.74 bits per heavy atom. The van der Waals surface area contributed by atoms with E-state index in [1.807, 2.05) is 0 Å². The largest absolute Gasteiger partial charge is 0.289 e. The fourth-order valence-electron chi connectivity index (χ4n) is 1.67. The van der Waals surface area contributed by atoms with Gasteiger partial charge in [-0.15, -0.1) is 0 Å². The first-order valence-electron chi connectivity index (χ1n) is 5.44. The SMILES string of the molecule is O=S(=O)(C(=C(F)F)c1ccccc1)c1ccccc1. The monoisotopic (exact) mass is 280 g/mol. The first-order valence-corrected chi connectivity index (χ1v) is 6.92. The Morgan fingerprint density at radius 2 is 1.26 bits per heavy atom. The Balaban J connectivity index is 2.64. The van der Waals surface area contributed by atoms with Gasteiger partial charge in [-0.1, -0.05) is 48.5 Å². The van der Waals surface area contributed by atoms with E-state index in [0.717, 1.165) is 0 Å². The number of benzene rings is 2. The summed E-state index contributed by atoms with van der Waals surface area (Å²) in [5.41, 5.74) is -0.0219. The zero-order valence-corrected chi connectivity index (χ0v) is 10.6. The first kappa shape index (κ1) is 13.4. The quantitative estimate of drug-likeness (QED) is 0.858. The first-order chi connectivity index (χ1) is 9.03. The van der Waals surface area contributed by atoms with Crippen molar-refractivity contribution in [2.45, 2.75) is 4.90 Å². The molecule has 0 radical (unpaired) electrons. The molecule has 0 unspecified atom stereocenters. The highest BCUT2D eigenvalue weighted by Gasteiger charge is 2.26. The normalized spacial score (nSPS) is 11.1. The molecule has 0 aliphatic carbocycles. The zero-order valence-electron chi connectivity index (χ0n) is 9.75. The van der Waals surface area contributed by atoms with Gasteiger partial charge in [0.1, 0.15) is 4.91 Å². The summed E-state index contributed by atoms with van der Waals surface area (Å²) in [5, 5.41) is 0. The van der Waals surface area contributed by atoms with Gasteiger partial charge in [-0.25, -0.2) is 8.42 Å². The van der Waals surface area contributed by atoms with Crippen molar-refractivity contribution in [3.05, 3.63) is 72.3 Å². The van der Waals surface area contributed by atoms with Crippen molar-refractivity contribution in [3.8, 4) is 0 Å². The van der Waals surface area contributed by atoms with Crippen LogP contribution in [-0.4, -0.2) is 8.42 Å². The second-order valence-corrected chi connectivity index (χ2v) is 5.66. The van der Waals surface area contributed by atoms with Gasteiger partial charge in [0.25, 0.3) is 6.08 Å². The van der Waals surface area contributed by atoms with E-state index in [4.69, 9.17) is 0 Å². The van der Waals surface area contributed by atoms with Crippen molar-refractivity contribution in [2.24, 2.45) is 0 Å². The van der Waals surface area contributed by atoms with Crippen molar-refractivity contribution in [2.75, 3.05) is 0 Å². The molecule has 2 aromatic carbocycles. The fraction of sp³-hybridized carbons (Fsp3) is 0. The van der Waals surface area contributed by atoms with E-state index in [1.165, 1.54) is 48.5 Å². The van der Waals surface area contributed by atoms with Gasteiger partial charge in [0.2, 0.25) is 9.84 Å². The molecule has 19 heavy (non-hydrogen) atoms. The molecule has 0 N–H and O–H groups in total. The summed E-state index contributed by atoms with van der Waals surface area (Å²) in [6.07, 6.45) is -2.21. The highest BCUT2D eigenvalue weighted by atomic mass is 32.2. The summed E-state index contributed by atoms with van der Waals surface area (Å²) in [4.78, 5) is -1.10. The molecule has 0 aromatic heterocycles. The molecule has 0 atom stereocenters. The zero-order chi connectivity index (χ0) is 13.9. The average molecular weight is 280 g/mol. The molecule has 0 fully saturated rings. The van der Waals surface area contributed by atoms with Crippen LogP contribution in [0.25, 0.3) is 4.91 Å². The molecule has 2 nitrogen and oxygen atoms in total. The summed E-state index contributed by atoms with van der Waals surface area (Å²) in [5.74, 6) is 0. The Bertz CT molecular complexity index is 689. The second kappa shape index (κ2) is 5.32. The van der Waals surface area contributed by atoms with Crippen LogP contribution in [-0.2, 0) is 9.84 Å². The van der Waals surface area contributed by atoms with E-state index in [0.29, 0.717) is 0 Å². The minimum Gasteiger partial charge on any atom is -0.218 e. The standard InChI is InChI=1S/C14H10F2O2S/c15-14(16)13(11-7-3-1-4-8-11)19(17,18)12-9-5-2-6-10-12/h1-10H. The minimum absolute atomic E-state index is 0.0219. The lowest BCUT2D eigenvalue weighted by atomic mass is 10.2. The molecule has 0 saturated carbocycles. The van der Waals surface area contributed by atoms with Crippen LogP contribution < -0.4 is 0 Å². The van der Waals surface area contributed by atoms with Crippen molar-refractivity contribution in [1.82, 2.24) is 0 Å². The van der Waals surface area contributed by atoms with Gasteiger partial charge >= 0.3 is 0 Å². The molecular weight excluding hydrogens is 270 g/mol. The fourth-order valence-corrected chi connectivity index (χ4v) is 3.07. The van der Waals surface area contributed by atoms with Crippen LogP contribution in [0.3, 0.4) is 0 Å². The van der Waals surface area contributed by atoms with Gasteiger partial charge in [-0.3, -0.25) is 0 Å². The van der Waals surface area contributed by atoms with E-state index in [9.17, 15) is 17.2 Å². The molecular formula is C14H10F2O2S. The number of hydrogen-bond donors (Lipinski definition) is 0. The molecule has 0 saturated heterocycles. The van der Waals surface area contributed by atoms with Crippen molar-refractivity contribution in [3.63, 3.8) is 0 Å². The molecule has 0 heterocycles. The van der Waals surface area contributed by atoms with Crippen LogP contribution in [0, 0.1) is 0 Å². The van der Waals surface area contributed by atoms with Crippen LogP contribution >= 0.6 is 0 Å². The summed E-state index contributed by atoms with van der Waals surface area (Å²) < 4.78 is 50.6. The molecule has 98 valence electrons. The highest BCUT2D eigenvalue weighted by molar-refractivity contribution is 8.00. The van der Waals surface area contributed by atoms with E-state index in [2.05, 4.69) is 0 Å². The molecule has 5 heteroatoms. The maximum Gasteiger partial charge on any atom is 0.289 e. The van der Waals surface area contributed by atoms with Crippen molar-refractivity contribution < 1.29 is 17.2 Å². The smallest absolute Gasteiger partial charge is 0.218 e. The lowest BCUT2D eigenvalue weighted by Gasteiger charge is -2.08. The summed E-state index contributed by atoms with van der Waals surface area (Å²) in [6, 6.07) is 14.5. The number of sulfone groups is 1.